The molecule has 0 atom stereocenters. The predicted octanol–water partition coefficient (Wildman–Crippen LogP) is 10.7. The monoisotopic (exact) mass is 483 g/mol. The van der Waals surface area contributed by atoms with Crippen LogP contribution in [0.2, 0.25) is 0 Å². The van der Waals surface area contributed by atoms with E-state index >= 15 is 0 Å². The third-order valence-corrected chi connectivity index (χ3v) is 8.34. The molecule has 1 nitrogen and oxygen atoms in total. The summed E-state index contributed by atoms with van der Waals surface area (Å²) in [5, 5.41) is 0. The van der Waals surface area contributed by atoms with Crippen molar-refractivity contribution in [1.82, 2.24) is 0 Å². The molecule has 37 heavy (non-hydrogen) atoms. The second-order valence-corrected chi connectivity index (χ2v) is 12.8. The van der Waals surface area contributed by atoms with E-state index in [1.165, 1.54) is 72.7 Å². The second-order valence-electron chi connectivity index (χ2n) is 12.8. The third kappa shape index (κ3) is 3.59. The van der Waals surface area contributed by atoms with Gasteiger partial charge in [0, 0.05) is 22.3 Å². The van der Waals surface area contributed by atoms with Gasteiger partial charge in [-0.1, -0.05) is 96.1 Å². The van der Waals surface area contributed by atoms with E-state index in [1.54, 1.807) is 0 Å². The summed E-state index contributed by atoms with van der Waals surface area (Å²) in [6, 6.07) is 30.0. The van der Waals surface area contributed by atoms with Gasteiger partial charge < -0.3 is 4.90 Å². The van der Waals surface area contributed by atoms with Gasteiger partial charge in [-0.15, -0.1) is 0 Å². The molecule has 0 radical (unpaired) electrons. The summed E-state index contributed by atoms with van der Waals surface area (Å²) in [7, 11) is 0. The molecule has 0 bridgehead atoms. The average molecular weight is 484 g/mol. The number of fused-ring (bicyclic) bond motifs is 7. The maximum atomic E-state index is 2.54. The quantitative estimate of drug-likeness (QED) is 0.212. The van der Waals surface area contributed by atoms with Crippen LogP contribution in [0.15, 0.2) is 78.9 Å². The van der Waals surface area contributed by atoms with Gasteiger partial charge in [0.25, 0.3) is 0 Å². The summed E-state index contributed by atoms with van der Waals surface area (Å²) in [6.07, 6.45) is 0. The van der Waals surface area contributed by atoms with E-state index in [1.807, 2.05) is 0 Å². The van der Waals surface area contributed by atoms with Crippen LogP contribution in [0.5, 0.6) is 0 Å². The molecule has 1 heteroatoms. The van der Waals surface area contributed by atoms with Crippen LogP contribution < -0.4 is 4.90 Å². The van der Waals surface area contributed by atoms with Crippen LogP contribution >= 0.6 is 0 Å². The van der Waals surface area contributed by atoms with Crippen LogP contribution in [0.4, 0.5) is 17.1 Å². The Balaban J connectivity index is 1.82. The molecule has 0 unspecified atom stereocenters. The van der Waals surface area contributed by atoms with Crippen molar-refractivity contribution in [2.45, 2.75) is 66.2 Å². The molecule has 0 N–H and O–H groups in total. The standard InChI is InChI=1S/C36H37N/c1-22-23(2)27-13-11-14-29-28-18-16-24(35(3,4)5)20-30(28)31-21-25(36(6,7)8)17-19-33(31)37(34(27)29)32-15-10-9-12-26(22)32/h9-21H,1-8H3. The summed E-state index contributed by atoms with van der Waals surface area (Å²) in [5.74, 6) is 0. The first-order valence-electron chi connectivity index (χ1n) is 13.5. The summed E-state index contributed by atoms with van der Waals surface area (Å²) in [5.41, 5.74) is 17.2. The lowest BCUT2D eigenvalue weighted by atomic mass is 9.81. The molecule has 0 saturated heterocycles. The van der Waals surface area contributed by atoms with Gasteiger partial charge in [-0.05, 0) is 82.3 Å². The highest BCUT2D eigenvalue weighted by atomic mass is 15.2. The number of nitrogens with zero attached hydrogens (tertiary/aromatic N) is 1. The van der Waals surface area contributed by atoms with Crippen molar-refractivity contribution in [2.75, 3.05) is 4.90 Å². The van der Waals surface area contributed by atoms with Crippen molar-refractivity contribution in [1.29, 1.82) is 0 Å². The van der Waals surface area contributed by atoms with Crippen LogP contribution in [0.3, 0.4) is 0 Å². The van der Waals surface area contributed by atoms with E-state index in [-0.39, 0.29) is 10.8 Å². The largest absolute Gasteiger partial charge is 0.308 e. The third-order valence-electron chi connectivity index (χ3n) is 8.34. The Bertz CT molecular complexity index is 1600. The molecule has 0 amide bonds. The molecular weight excluding hydrogens is 446 g/mol. The fraction of sp³-hybridized carbons (Fsp3) is 0.278. The molecule has 2 aliphatic rings. The zero-order chi connectivity index (χ0) is 26.3. The Kier molecular flexibility index (Phi) is 5.12. The van der Waals surface area contributed by atoms with Gasteiger partial charge >= 0.3 is 0 Å². The molecule has 4 aromatic rings. The van der Waals surface area contributed by atoms with Crippen LogP contribution in [-0.2, 0) is 10.8 Å². The minimum atomic E-state index is 0.0621. The maximum Gasteiger partial charge on any atom is 0.0615 e. The first kappa shape index (κ1) is 23.8. The SMILES string of the molecule is CC1=C(C)c2cccc3c2N(c2ccccc21)c1ccc(C(C)(C)C)cc1-c1cc(C(C)(C)C)ccc1-3. The van der Waals surface area contributed by atoms with Gasteiger partial charge in [-0.3, -0.25) is 0 Å². The van der Waals surface area contributed by atoms with Crippen LogP contribution in [-0.4, -0.2) is 0 Å². The van der Waals surface area contributed by atoms with Crippen LogP contribution in [0.25, 0.3) is 33.4 Å². The lowest BCUT2D eigenvalue weighted by Gasteiger charge is -2.30. The normalized spacial score (nSPS) is 14.3. The molecule has 186 valence electrons. The number of para-hydroxylation sites is 2. The number of rotatable bonds is 0. The van der Waals surface area contributed by atoms with Gasteiger partial charge in [-0.2, -0.15) is 0 Å². The minimum Gasteiger partial charge on any atom is -0.308 e. The molecule has 2 aliphatic heterocycles. The van der Waals surface area contributed by atoms with E-state index < -0.39 is 0 Å². The van der Waals surface area contributed by atoms with E-state index in [9.17, 15) is 0 Å². The van der Waals surface area contributed by atoms with Crippen molar-refractivity contribution in [2.24, 2.45) is 0 Å². The molecule has 4 aromatic carbocycles. The molecule has 0 saturated carbocycles. The molecule has 0 spiro atoms. The molecule has 0 aliphatic carbocycles. The highest BCUT2D eigenvalue weighted by molar-refractivity contribution is 6.11. The summed E-state index contributed by atoms with van der Waals surface area (Å²) in [6.45, 7) is 18.4. The summed E-state index contributed by atoms with van der Waals surface area (Å²) in [4.78, 5) is 2.54. The number of allylic oxidation sites excluding steroid dienone is 2. The lowest BCUT2D eigenvalue weighted by Crippen LogP contribution is -2.15. The number of hydrogen-bond donors (Lipinski definition) is 0. The number of benzene rings is 4. The second kappa shape index (κ2) is 7.96. The summed E-state index contributed by atoms with van der Waals surface area (Å²) < 4.78 is 0. The van der Waals surface area contributed by atoms with Gasteiger partial charge in [0.1, 0.15) is 0 Å². The topological polar surface area (TPSA) is 3.24 Å². The molecule has 0 aromatic heterocycles. The van der Waals surface area contributed by atoms with Crippen LogP contribution in [0, 0.1) is 0 Å². The molecule has 0 fully saturated rings. The van der Waals surface area contributed by atoms with Gasteiger partial charge in [-0.25, -0.2) is 0 Å². The molecule has 6 rings (SSSR count). The fourth-order valence-corrected chi connectivity index (χ4v) is 5.95. The smallest absolute Gasteiger partial charge is 0.0615 e. The van der Waals surface area contributed by atoms with E-state index in [4.69, 9.17) is 0 Å². The van der Waals surface area contributed by atoms with Gasteiger partial charge in [0.15, 0.2) is 0 Å². The summed E-state index contributed by atoms with van der Waals surface area (Å²) >= 11 is 0. The van der Waals surface area contributed by atoms with Crippen molar-refractivity contribution in [3.8, 4) is 22.3 Å². The zero-order valence-corrected chi connectivity index (χ0v) is 23.5. The van der Waals surface area contributed by atoms with E-state index in [2.05, 4.69) is 139 Å². The van der Waals surface area contributed by atoms with Crippen LogP contribution in [0.1, 0.15) is 77.6 Å². The van der Waals surface area contributed by atoms with Crippen molar-refractivity contribution in [3.05, 3.63) is 101 Å². The minimum absolute atomic E-state index is 0.0621. The fourth-order valence-electron chi connectivity index (χ4n) is 5.95. The Morgan fingerprint density at radius 2 is 1.00 bits per heavy atom. The Morgan fingerprint density at radius 3 is 1.70 bits per heavy atom. The van der Waals surface area contributed by atoms with Gasteiger partial charge in [0.05, 0.1) is 17.1 Å². The first-order chi connectivity index (χ1) is 17.5. The number of anilines is 3. The van der Waals surface area contributed by atoms with Gasteiger partial charge in [0.2, 0.25) is 0 Å². The first-order valence-corrected chi connectivity index (χ1v) is 13.5. The highest BCUT2D eigenvalue weighted by Gasteiger charge is 2.33. The lowest BCUT2D eigenvalue weighted by molar-refractivity contribution is 0.589. The predicted molar refractivity (Wildman–Crippen MR) is 161 cm³/mol. The molecular formula is C36H37N. The Hall–Kier alpha value is -3.58. The van der Waals surface area contributed by atoms with Crippen molar-refractivity contribution >= 4 is 28.2 Å². The molecule has 2 heterocycles. The van der Waals surface area contributed by atoms with Crippen molar-refractivity contribution in [3.63, 3.8) is 0 Å². The number of hydrogen-bond acceptors (Lipinski definition) is 1. The maximum absolute atomic E-state index is 2.54. The van der Waals surface area contributed by atoms with Crippen molar-refractivity contribution < 1.29 is 0 Å². The van der Waals surface area contributed by atoms with E-state index in [0.717, 1.165) is 0 Å². The Labute approximate surface area is 222 Å². The highest BCUT2D eigenvalue weighted by Crippen LogP contribution is 2.56. The Morgan fingerprint density at radius 1 is 0.459 bits per heavy atom. The van der Waals surface area contributed by atoms with E-state index in [0.29, 0.717) is 0 Å². The average Bonchev–Trinajstić information content (AvgIpc) is 3.04. The zero-order valence-electron chi connectivity index (χ0n) is 23.5.